The van der Waals surface area contributed by atoms with Crippen molar-refractivity contribution in [1.82, 2.24) is 9.97 Å². The van der Waals surface area contributed by atoms with E-state index >= 15 is 0 Å². The van der Waals surface area contributed by atoms with Gasteiger partial charge in [-0.2, -0.15) is 20.2 Å². The summed E-state index contributed by atoms with van der Waals surface area (Å²) in [6, 6.07) is 9.52. The first-order valence-corrected chi connectivity index (χ1v) is 8.17. The van der Waals surface area contributed by atoms with Crippen LogP contribution in [0.1, 0.15) is 11.1 Å². The Labute approximate surface area is 164 Å². The lowest BCUT2D eigenvalue weighted by Gasteiger charge is -2.05. The Kier molecular flexibility index (Phi) is 5.59. The predicted octanol–water partition coefficient (Wildman–Crippen LogP) is 1.77. The number of aromatic nitrogens is 2. The highest BCUT2D eigenvalue weighted by molar-refractivity contribution is 5.85. The highest BCUT2D eigenvalue weighted by Crippen LogP contribution is 2.21. The van der Waals surface area contributed by atoms with E-state index in [0.29, 0.717) is 11.1 Å². The standard InChI is InChI=1S/C18H17N7O4/c19-18-22-16(24-20-8-10-5-12(26)1-3-14(10)28)7-17(23-18)25-21-9-11-6-13(27)2-4-15(11)29/h1-9,26-29H,(H4,19,22,23,24,25). The Morgan fingerprint density at radius 2 is 1.17 bits per heavy atom. The van der Waals surface area contributed by atoms with Crippen molar-refractivity contribution in [2.75, 3.05) is 16.6 Å². The summed E-state index contributed by atoms with van der Waals surface area (Å²) in [7, 11) is 0. The van der Waals surface area contributed by atoms with Gasteiger partial charge in [-0.15, -0.1) is 0 Å². The first-order valence-electron chi connectivity index (χ1n) is 8.17. The second-order valence-corrected chi connectivity index (χ2v) is 5.72. The van der Waals surface area contributed by atoms with Crippen LogP contribution in [0, 0.1) is 0 Å². The highest BCUT2D eigenvalue weighted by Gasteiger charge is 2.03. The van der Waals surface area contributed by atoms with E-state index < -0.39 is 0 Å². The molecule has 0 saturated heterocycles. The molecule has 3 rings (SSSR count). The van der Waals surface area contributed by atoms with Crippen molar-refractivity contribution in [3.8, 4) is 23.0 Å². The van der Waals surface area contributed by atoms with Crippen LogP contribution in [0.4, 0.5) is 17.6 Å². The Morgan fingerprint density at radius 3 is 1.62 bits per heavy atom. The number of hydrogen-bond donors (Lipinski definition) is 7. The number of nitrogens with two attached hydrogens (primary N) is 1. The Balaban J connectivity index is 1.69. The molecule has 0 saturated carbocycles. The van der Waals surface area contributed by atoms with Crippen molar-refractivity contribution in [1.29, 1.82) is 0 Å². The summed E-state index contributed by atoms with van der Waals surface area (Å²) in [4.78, 5) is 7.92. The first-order chi connectivity index (χ1) is 13.9. The number of benzene rings is 2. The lowest BCUT2D eigenvalue weighted by atomic mass is 10.2. The monoisotopic (exact) mass is 395 g/mol. The van der Waals surface area contributed by atoms with Crippen LogP contribution in [-0.2, 0) is 0 Å². The van der Waals surface area contributed by atoms with Gasteiger partial charge in [0, 0.05) is 17.2 Å². The zero-order chi connectivity index (χ0) is 20.8. The molecule has 0 unspecified atom stereocenters. The maximum absolute atomic E-state index is 9.71. The van der Waals surface area contributed by atoms with Gasteiger partial charge in [-0.1, -0.05) is 0 Å². The number of hydrazone groups is 2. The molecule has 0 aliphatic carbocycles. The van der Waals surface area contributed by atoms with E-state index in [0.717, 1.165) is 0 Å². The van der Waals surface area contributed by atoms with E-state index in [1.807, 2.05) is 0 Å². The number of rotatable bonds is 6. The highest BCUT2D eigenvalue weighted by atomic mass is 16.3. The van der Waals surface area contributed by atoms with Crippen LogP contribution in [0.2, 0.25) is 0 Å². The zero-order valence-electron chi connectivity index (χ0n) is 14.9. The largest absolute Gasteiger partial charge is 0.508 e. The molecule has 0 spiro atoms. The Bertz CT molecular complexity index is 1000. The molecular weight excluding hydrogens is 378 g/mol. The van der Waals surface area contributed by atoms with Gasteiger partial charge in [0.15, 0.2) is 11.6 Å². The third-order valence-electron chi connectivity index (χ3n) is 3.53. The molecular formula is C18H17N7O4. The minimum Gasteiger partial charge on any atom is -0.508 e. The third kappa shape index (κ3) is 5.23. The van der Waals surface area contributed by atoms with Crippen LogP contribution in [0.15, 0.2) is 52.7 Å². The molecule has 0 fully saturated rings. The van der Waals surface area contributed by atoms with Gasteiger partial charge in [0.1, 0.15) is 23.0 Å². The van der Waals surface area contributed by atoms with Crippen molar-refractivity contribution in [3.05, 3.63) is 53.6 Å². The Hall–Kier alpha value is -4.54. The van der Waals surface area contributed by atoms with Crippen LogP contribution in [0.5, 0.6) is 23.0 Å². The number of nitrogens with one attached hydrogen (secondary N) is 2. The fourth-order valence-electron chi connectivity index (χ4n) is 2.21. The van der Waals surface area contributed by atoms with Crippen molar-refractivity contribution in [3.63, 3.8) is 0 Å². The molecule has 0 amide bonds. The van der Waals surface area contributed by atoms with Gasteiger partial charge >= 0.3 is 0 Å². The molecule has 8 N–H and O–H groups in total. The number of phenolic OH excluding ortho intramolecular Hbond substituents is 4. The summed E-state index contributed by atoms with van der Waals surface area (Å²) in [6.45, 7) is 0. The molecule has 148 valence electrons. The average Bonchev–Trinajstić information content (AvgIpc) is 2.67. The van der Waals surface area contributed by atoms with E-state index in [2.05, 4.69) is 31.0 Å². The van der Waals surface area contributed by atoms with Crippen LogP contribution >= 0.6 is 0 Å². The fraction of sp³-hybridized carbons (Fsp3) is 0. The molecule has 2 aromatic carbocycles. The van der Waals surface area contributed by atoms with Crippen LogP contribution in [0.25, 0.3) is 0 Å². The van der Waals surface area contributed by atoms with E-state index in [4.69, 9.17) is 5.73 Å². The molecule has 0 radical (unpaired) electrons. The summed E-state index contributed by atoms with van der Waals surface area (Å²) >= 11 is 0. The van der Waals surface area contributed by atoms with Gasteiger partial charge in [0.2, 0.25) is 5.95 Å². The van der Waals surface area contributed by atoms with Gasteiger partial charge in [-0.05, 0) is 36.4 Å². The molecule has 3 aromatic rings. The van der Waals surface area contributed by atoms with Gasteiger partial charge in [-0.25, -0.2) is 0 Å². The van der Waals surface area contributed by atoms with Crippen molar-refractivity contribution in [2.24, 2.45) is 10.2 Å². The predicted molar refractivity (Wildman–Crippen MR) is 108 cm³/mol. The third-order valence-corrected chi connectivity index (χ3v) is 3.53. The molecule has 1 aromatic heterocycles. The summed E-state index contributed by atoms with van der Waals surface area (Å²) < 4.78 is 0. The Morgan fingerprint density at radius 1 is 0.724 bits per heavy atom. The molecule has 29 heavy (non-hydrogen) atoms. The van der Waals surface area contributed by atoms with Gasteiger partial charge in [-0.3, -0.25) is 10.9 Å². The van der Waals surface area contributed by atoms with E-state index in [1.165, 1.54) is 54.9 Å². The van der Waals surface area contributed by atoms with Gasteiger partial charge < -0.3 is 26.2 Å². The molecule has 11 heteroatoms. The maximum Gasteiger partial charge on any atom is 0.224 e. The van der Waals surface area contributed by atoms with E-state index in [9.17, 15) is 20.4 Å². The quantitative estimate of drug-likeness (QED) is 0.186. The van der Waals surface area contributed by atoms with Gasteiger partial charge in [0.05, 0.1) is 12.4 Å². The van der Waals surface area contributed by atoms with E-state index in [-0.39, 0.29) is 40.6 Å². The second kappa shape index (κ2) is 8.43. The van der Waals surface area contributed by atoms with Crippen molar-refractivity contribution in [2.45, 2.75) is 0 Å². The molecule has 0 atom stereocenters. The van der Waals surface area contributed by atoms with Gasteiger partial charge in [0.25, 0.3) is 0 Å². The molecule has 0 bridgehead atoms. The summed E-state index contributed by atoms with van der Waals surface area (Å²) in [6.07, 6.45) is 2.59. The lowest BCUT2D eigenvalue weighted by molar-refractivity contribution is 0.459. The number of hydrogen-bond acceptors (Lipinski definition) is 11. The molecule has 11 nitrogen and oxygen atoms in total. The summed E-state index contributed by atoms with van der Waals surface area (Å²) in [5.74, 6) is 0.293. The average molecular weight is 395 g/mol. The number of anilines is 3. The number of nitrogens with zero attached hydrogens (tertiary/aromatic N) is 4. The molecule has 0 aliphatic rings. The van der Waals surface area contributed by atoms with E-state index in [1.54, 1.807) is 0 Å². The summed E-state index contributed by atoms with van der Waals surface area (Å²) in [5, 5.41) is 46.2. The van der Waals surface area contributed by atoms with Crippen molar-refractivity contribution < 1.29 is 20.4 Å². The number of aromatic hydroxyl groups is 4. The zero-order valence-corrected chi connectivity index (χ0v) is 14.9. The lowest BCUT2D eigenvalue weighted by Crippen LogP contribution is -2.03. The smallest absolute Gasteiger partial charge is 0.224 e. The first kappa shape index (κ1) is 19.2. The minimum atomic E-state index is -0.0533. The topological polar surface area (TPSA) is 182 Å². The van der Waals surface area contributed by atoms with Crippen LogP contribution in [-0.4, -0.2) is 42.8 Å². The fourth-order valence-corrected chi connectivity index (χ4v) is 2.21. The minimum absolute atomic E-state index is 0.0161. The maximum atomic E-state index is 9.71. The van der Waals surface area contributed by atoms with Crippen LogP contribution < -0.4 is 16.6 Å². The second-order valence-electron chi connectivity index (χ2n) is 5.72. The number of nitrogen functional groups attached to an aromatic ring is 1. The van der Waals surface area contributed by atoms with Crippen molar-refractivity contribution >= 4 is 30.0 Å². The summed E-state index contributed by atoms with van der Waals surface area (Å²) in [5.41, 5.74) is 11.5. The normalized spacial score (nSPS) is 11.2. The van der Waals surface area contributed by atoms with Crippen LogP contribution in [0.3, 0.4) is 0 Å². The SMILES string of the molecule is Nc1nc(NN=Cc2cc(O)ccc2O)cc(NN=Cc2cc(O)ccc2O)n1. The molecule has 0 aliphatic heterocycles. The number of phenols is 4. The molecule has 1 heterocycles.